The lowest BCUT2D eigenvalue weighted by Crippen LogP contribution is -2.11. The second kappa shape index (κ2) is 6.62. The van der Waals surface area contributed by atoms with Gasteiger partial charge in [0.15, 0.2) is 11.5 Å². The van der Waals surface area contributed by atoms with Crippen molar-refractivity contribution in [2.45, 2.75) is 19.3 Å². The van der Waals surface area contributed by atoms with E-state index in [0.717, 1.165) is 11.1 Å². The minimum Gasteiger partial charge on any atom is -0.441 e. The largest absolute Gasteiger partial charge is 0.441 e. The smallest absolute Gasteiger partial charge is 0.224 e. The number of aromatic nitrogens is 1. The summed E-state index contributed by atoms with van der Waals surface area (Å²) in [5.74, 6) is 0.620. The van der Waals surface area contributed by atoms with Gasteiger partial charge in [-0.1, -0.05) is 29.8 Å². The number of hydrogen-bond acceptors (Lipinski definition) is 3. The van der Waals surface area contributed by atoms with Crippen LogP contribution in [0.1, 0.15) is 18.7 Å². The summed E-state index contributed by atoms with van der Waals surface area (Å²) in [6, 6.07) is 14.7. The normalized spacial score (nSPS) is 10.8. The Kier molecular flexibility index (Phi) is 4.39. The maximum atomic E-state index is 11.9. The van der Waals surface area contributed by atoms with Gasteiger partial charge in [0.25, 0.3) is 0 Å². The number of halogens is 1. The summed E-state index contributed by atoms with van der Waals surface area (Å²) in [7, 11) is 0. The molecule has 0 radical (unpaired) electrons. The summed E-state index contributed by atoms with van der Waals surface area (Å²) in [6.07, 6.45) is 1.72. The van der Waals surface area contributed by atoms with Gasteiger partial charge in [-0.2, -0.15) is 0 Å². The van der Waals surface area contributed by atoms with Crippen LogP contribution in [0.5, 0.6) is 0 Å². The molecule has 0 bridgehead atoms. The van der Waals surface area contributed by atoms with Gasteiger partial charge in [-0.15, -0.1) is 0 Å². The Labute approximate surface area is 133 Å². The number of rotatable bonds is 5. The Balaban J connectivity index is 1.51. The van der Waals surface area contributed by atoms with Crippen LogP contribution in [0.25, 0.3) is 11.1 Å². The van der Waals surface area contributed by atoms with Gasteiger partial charge in [0.1, 0.15) is 5.52 Å². The zero-order valence-corrected chi connectivity index (χ0v) is 12.6. The predicted octanol–water partition coefficient (Wildman–Crippen LogP) is 4.44. The van der Waals surface area contributed by atoms with E-state index in [4.69, 9.17) is 16.0 Å². The van der Waals surface area contributed by atoms with Crippen molar-refractivity contribution in [3.63, 3.8) is 0 Å². The zero-order chi connectivity index (χ0) is 15.4. The lowest BCUT2D eigenvalue weighted by molar-refractivity contribution is -0.116. The van der Waals surface area contributed by atoms with Crippen molar-refractivity contribution in [3.05, 3.63) is 59.4 Å². The van der Waals surface area contributed by atoms with Gasteiger partial charge in [0.2, 0.25) is 5.91 Å². The van der Waals surface area contributed by atoms with Crippen LogP contribution < -0.4 is 5.32 Å². The molecule has 0 fully saturated rings. The molecule has 0 spiro atoms. The first-order valence-electron chi connectivity index (χ1n) is 7.10. The molecule has 0 aliphatic heterocycles. The maximum Gasteiger partial charge on any atom is 0.224 e. The SMILES string of the molecule is O=C(CCCc1nc2ccccc2o1)Nc1cccc(Cl)c1. The first-order chi connectivity index (χ1) is 10.7. The van der Waals surface area contributed by atoms with Gasteiger partial charge in [-0.05, 0) is 36.8 Å². The van der Waals surface area contributed by atoms with Gasteiger partial charge >= 0.3 is 0 Å². The number of carbonyl (C=O) groups is 1. The number of fused-ring (bicyclic) bond motifs is 1. The third-order valence-corrected chi connectivity index (χ3v) is 3.48. The van der Waals surface area contributed by atoms with Gasteiger partial charge in [0.05, 0.1) is 0 Å². The lowest BCUT2D eigenvalue weighted by atomic mass is 10.2. The van der Waals surface area contributed by atoms with E-state index in [2.05, 4.69) is 10.3 Å². The molecule has 1 heterocycles. The fourth-order valence-electron chi connectivity index (χ4n) is 2.22. The maximum absolute atomic E-state index is 11.9. The van der Waals surface area contributed by atoms with Gasteiger partial charge < -0.3 is 9.73 Å². The van der Waals surface area contributed by atoms with Crippen molar-refractivity contribution in [1.82, 2.24) is 4.98 Å². The van der Waals surface area contributed by atoms with E-state index < -0.39 is 0 Å². The van der Waals surface area contributed by atoms with Gasteiger partial charge in [0, 0.05) is 23.6 Å². The Hall–Kier alpha value is -2.33. The van der Waals surface area contributed by atoms with Crippen molar-refractivity contribution < 1.29 is 9.21 Å². The number of anilines is 1. The number of nitrogens with one attached hydrogen (secondary N) is 1. The van der Waals surface area contributed by atoms with E-state index in [0.29, 0.717) is 35.9 Å². The number of benzene rings is 2. The number of carbonyl (C=O) groups excluding carboxylic acids is 1. The van der Waals surface area contributed by atoms with Crippen LogP contribution in [-0.4, -0.2) is 10.9 Å². The average Bonchev–Trinajstić information content (AvgIpc) is 2.90. The summed E-state index contributed by atoms with van der Waals surface area (Å²) >= 11 is 5.88. The van der Waals surface area contributed by atoms with Crippen LogP contribution in [-0.2, 0) is 11.2 Å². The Bertz CT molecular complexity index is 765. The first-order valence-corrected chi connectivity index (χ1v) is 7.48. The van der Waals surface area contributed by atoms with E-state index in [1.807, 2.05) is 30.3 Å². The number of oxazole rings is 1. The molecule has 0 aliphatic carbocycles. The molecule has 0 aliphatic rings. The molecule has 0 saturated heterocycles. The molecule has 0 saturated carbocycles. The van der Waals surface area contributed by atoms with Crippen LogP contribution >= 0.6 is 11.6 Å². The summed E-state index contributed by atoms with van der Waals surface area (Å²) < 4.78 is 5.62. The second-order valence-electron chi connectivity index (χ2n) is 4.99. The fourth-order valence-corrected chi connectivity index (χ4v) is 2.41. The highest BCUT2D eigenvalue weighted by atomic mass is 35.5. The van der Waals surface area contributed by atoms with E-state index in [1.54, 1.807) is 18.2 Å². The third-order valence-electron chi connectivity index (χ3n) is 3.24. The Morgan fingerprint density at radius 3 is 2.86 bits per heavy atom. The number of nitrogens with zero attached hydrogens (tertiary/aromatic N) is 1. The summed E-state index contributed by atoms with van der Waals surface area (Å²) in [6.45, 7) is 0. The molecule has 1 amide bonds. The van der Waals surface area contributed by atoms with Crippen LogP contribution in [0.3, 0.4) is 0 Å². The van der Waals surface area contributed by atoms with Crippen molar-refractivity contribution in [1.29, 1.82) is 0 Å². The highest BCUT2D eigenvalue weighted by Gasteiger charge is 2.07. The third kappa shape index (κ3) is 3.65. The highest BCUT2D eigenvalue weighted by Crippen LogP contribution is 2.17. The molecule has 1 N–H and O–H groups in total. The molecule has 0 unspecified atom stereocenters. The highest BCUT2D eigenvalue weighted by molar-refractivity contribution is 6.30. The monoisotopic (exact) mass is 314 g/mol. The van der Waals surface area contributed by atoms with Gasteiger partial charge in [-0.25, -0.2) is 4.98 Å². The molecule has 2 aromatic carbocycles. The fraction of sp³-hybridized carbons (Fsp3) is 0.176. The zero-order valence-electron chi connectivity index (χ0n) is 11.9. The number of amides is 1. The Morgan fingerprint density at radius 2 is 2.05 bits per heavy atom. The van der Waals surface area contributed by atoms with Crippen molar-refractivity contribution in [2.75, 3.05) is 5.32 Å². The van der Waals surface area contributed by atoms with E-state index in [-0.39, 0.29) is 5.91 Å². The van der Waals surface area contributed by atoms with Gasteiger partial charge in [-0.3, -0.25) is 4.79 Å². The minimum absolute atomic E-state index is 0.0432. The van der Waals surface area contributed by atoms with Crippen LogP contribution in [0.4, 0.5) is 5.69 Å². The summed E-state index contributed by atoms with van der Waals surface area (Å²) in [5.41, 5.74) is 2.33. The van der Waals surface area contributed by atoms with Crippen LogP contribution in [0, 0.1) is 0 Å². The molecule has 112 valence electrons. The molecular formula is C17H15ClN2O2. The van der Waals surface area contributed by atoms with Crippen molar-refractivity contribution in [3.8, 4) is 0 Å². The molecule has 1 aromatic heterocycles. The van der Waals surface area contributed by atoms with E-state index >= 15 is 0 Å². The number of aryl methyl sites for hydroxylation is 1. The average molecular weight is 315 g/mol. The molecular weight excluding hydrogens is 300 g/mol. The molecule has 22 heavy (non-hydrogen) atoms. The predicted molar refractivity (Wildman–Crippen MR) is 87.0 cm³/mol. The topological polar surface area (TPSA) is 55.1 Å². The number of para-hydroxylation sites is 2. The van der Waals surface area contributed by atoms with E-state index in [9.17, 15) is 4.79 Å². The van der Waals surface area contributed by atoms with Crippen molar-refractivity contribution >= 4 is 34.3 Å². The molecule has 0 atom stereocenters. The first kappa shape index (κ1) is 14.6. The van der Waals surface area contributed by atoms with Crippen LogP contribution in [0.15, 0.2) is 52.9 Å². The molecule has 5 heteroatoms. The molecule has 3 rings (SSSR count). The second-order valence-corrected chi connectivity index (χ2v) is 5.42. The van der Waals surface area contributed by atoms with Crippen LogP contribution in [0.2, 0.25) is 5.02 Å². The molecule has 3 aromatic rings. The van der Waals surface area contributed by atoms with Crippen molar-refractivity contribution in [2.24, 2.45) is 0 Å². The summed E-state index contributed by atoms with van der Waals surface area (Å²) in [5, 5.41) is 3.42. The number of hydrogen-bond donors (Lipinski definition) is 1. The quantitative estimate of drug-likeness (QED) is 0.757. The standard InChI is InChI=1S/C17H15ClN2O2/c18-12-5-3-6-13(11-12)19-16(21)9-4-10-17-20-14-7-1-2-8-15(14)22-17/h1-3,5-8,11H,4,9-10H2,(H,19,21). The Morgan fingerprint density at radius 1 is 1.18 bits per heavy atom. The van der Waals surface area contributed by atoms with E-state index in [1.165, 1.54) is 0 Å². The molecule has 4 nitrogen and oxygen atoms in total. The lowest BCUT2D eigenvalue weighted by Gasteiger charge is -2.04. The minimum atomic E-state index is -0.0432. The summed E-state index contributed by atoms with van der Waals surface area (Å²) in [4.78, 5) is 16.3.